The van der Waals surface area contributed by atoms with Gasteiger partial charge in [0.2, 0.25) is 0 Å². The zero-order valence-electron chi connectivity index (χ0n) is 17.7. The van der Waals surface area contributed by atoms with Gasteiger partial charge in [-0.1, -0.05) is 12.1 Å². The van der Waals surface area contributed by atoms with Gasteiger partial charge in [0.1, 0.15) is 0 Å². The summed E-state index contributed by atoms with van der Waals surface area (Å²) in [6.45, 7) is 1.92. The number of anilines is 1. The Kier molecular flexibility index (Phi) is 7.37. The van der Waals surface area contributed by atoms with Gasteiger partial charge in [-0.05, 0) is 48.2 Å². The molecule has 2 aromatic carbocycles. The molecule has 0 unspecified atom stereocenters. The van der Waals surface area contributed by atoms with E-state index < -0.39 is 22.2 Å². The number of fused-ring (bicyclic) bond motifs is 1. The second-order valence-corrected chi connectivity index (χ2v) is 9.51. The summed E-state index contributed by atoms with van der Waals surface area (Å²) in [4.78, 5) is 17.5. The van der Waals surface area contributed by atoms with E-state index in [2.05, 4.69) is 20.8 Å². The molecule has 0 aliphatic heterocycles. The molecular weight excluding hydrogens is 505 g/mol. The lowest BCUT2D eigenvalue weighted by Gasteiger charge is -2.11. The number of carboxylic acids is 1. The van der Waals surface area contributed by atoms with Gasteiger partial charge in [-0.15, -0.1) is 11.3 Å². The van der Waals surface area contributed by atoms with E-state index in [1.807, 2.05) is 19.1 Å². The number of thiazole rings is 1. The van der Waals surface area contributed by atoms with Gasteiger partial charge < -0.3 is 5.11 Å². The molecule has 8 nitrogen and oxygen atoms in total. The highest BCUT2D eigenvalue weighted by Crippen LogP contribution is 2.31. The van der Waals surface area contributed by atoms with Crippen molar-refractivity contribution in [3.63, 3.8) is 0 Å². The van der Waals surface area contributed by atoms with Crippen LogP contribution in [0.15, 0.2) is 65.1 Å². The quantitative estimate of drug-likeness (QED) is 0.388. The van der Waals surface area contributed by atoms with Crippen LogP contribution in [0.5, 0.6) is 0 Å². The zero-order chi connectivity index (χ0) is 25.8. The van der Waals surface area contributed by atoms with Crippen LogP contribution in [0, 0.1) is 18.3 Å². The molecule has 13 heteroatoms. The fourth-order valence-electron chi connectivity index (χ4n) is 2.98. The van der Waals surface area contributed by atoms with E-state index in [4.69, 9.17) is 15.2 Å². The first kappa shape index (κ1) is 25.6. The lowest BCUT2D eigenvalue weighted by Crippen LogP contribution is -2.21. The van der Waals surface area contributed by atoms with Crippen molar-refractivity contribution < 1.29 is 31.5 Å². The van der Waals surface area contributed by atoms with Gasteiger partial charge in [0, 0.05) is 28.7 Å². The summed E-state index contributed by atoms with van der Waals surface area (Å²) in [6.07, 6.45) is -1.89. The molecule has 4 rings (SSSR count). The average Bonchev–Trinajstić information content (AvgIpc) is 3.30. The molecule has 0 saturated carbocycles. The van der Waals surface area contributed by atoms with Gasteiger partial charge in [0.15, 0.2) is 5.13 Å². The number of nitrogens with zero attached hydrogens (tertiary/aromatic N) is 3. The fourth-order valence-corrected chi connectivity index (χ4v) is 4.81. The van der Waals surface area contributed by atoms with Crippen LogP contribution < -0.4 is 4.72 Å². The summed E-state index contributed by atoms with van der Waals surface area (Å²) in [5.41, 5.74) is 3.17. The molecule has 0 spiro atoms. The SMILES string of the molecule is Cc1cc(C#N)ccc1-c1nccc2cc(S(=O)(=O)Nc3nccs3)ccc12.O=C(O)C(F)(F)F. The molecule has 0 aliphatic rings. The van der Waals surface area contributed by atoms with Crippen molar-refractivity contribution in [2.24, 2.45) is 0 Å². The Labute approximate surface area is 201 Å². The predicted molar refractivity (Wildman–Crippen MR) is 123 cm³/mol. The molecule has 0 aliphatic carbocycles. The van der Waals surface area contributed by atoms with Crippen molar-refractivity contribution in [2.45, 2.75) is 18.0 Å². The third-order valence-electron chi connectivity index (χ3n) is 4.55. The topological polar surface area (TPSA) is 133 Å². The van der Waals surface area contributed by atoms with Gasteiger partial charge in [0.25, 0.3) is 10.0 Å². The number of aromatic nitrogens is 2. The maximum atomic E-state index is 12.6. The van der Waals surface area contributed by atoms with Crippen LogP contribution >= 0.6 is 11.3 Å². The van der Waals surface area contributed by atoms with Crippen molar-refractivity contribution in [3.05, 3.63) is 71.4 Å². The number of sulfonamides is 1. The zero-order valence-corrected chi connectivity index (χ0v) is 19.4. The molecule has 0 bridgehead atoms. The number of halogens is 3. The average molecular weight is 521 g/mol. The molecule has 2 heterocycles. The molecule has 35 heavy (non-hydrogen) atoms. The number of carboxylic acid groups (broad SMARTS) is 1. The minimum atomic E-state index is -5.08. The van der Waals surface area contributed by atoms with Gasteiger partial charge in [-0.2, -0.15) is 18.4 Å². The third-order valence-corrected chi connectivity index (χ3v) is 6.71. The van der Waals surface area contributed by atoms with E-state index in [1.165, 1.54) is 11.3 Å². The molecule has 2 N–H and O–H groups in total. The van der Waals surface area contributed by atoms with E-state index in [1.54, 1.807) is 48.1 Å². The monoisotopic (exact) mass is 520 g/mol. The number of benzene rings is 2. The van der Waals surface area contributed by atoms with E-state index in [9.17, 15) is 21.6 Å². The number of nitriles is 1. The van der Waals surface area contributed by atoms with E-state index >= 15 is 0 Å². The van der Waals surface area contributed by atoms with Crippen LogP contribution in [0.3, 0.4) is 0 Å². The van der Waals surface area contributed by atoms with Crippen molar-refractivity contribution in [3.8, 4) is 17.3 Å². The molecule has 2 aromatic heterocycles. The number of carbonyl (C=O) groups is 1. The van der Waals surface area contributed by atoms with Crippen LogP contribution in [0.1, 0.15) is 11.1 Å². The lowest BCUT2D eigenvalue weighted by atomic mass is 9.98. The smallest absolute Gasteiger partial charge is 0.475 e. The van der Waals surface area contributed by atoms with Crippen LogP contribution in [0.25, 0.3) is 22.0 Å². The van der Waals surface area contributed by atoms with E-state index in [-0.39, 0.29) is 4.90 Å². The Morgan fingerprint density at radius 3 is 2.40 bits per heavy atom. The summed E-state index contributed by atoms with van der Waals surface area (Å²) in [5.74, 6) is -2.76. The number of rotatable bonds is 4. The van der Waals surface area contributed by atoms with Crippen molar-refractivity contribution in [2.75, 3.05) is 4.72 Å². The number of hydrogen-bond donors (Lipinski definition) is 2. The fraction of sp³-hybridized carbons (Fsp3) is 0.0909. The Balaban J connectivity index is 0.000000429. The van der Waals surface area contributed by atoms with Gasteiger partial charge >= 0.3 is 12.1 Å². The molecule has 0 fully saturated rings. The number of nitrogens with one attached hydrogen (secondary N) is 1. The number of hydrogen-bond acceptors (Lipinski definition) is 7. The molecule has 0 radical (unpaired) electrons. The molecule has 4 aromatic rings. The second-order valence-electron chi connectivity index (χ2n) is 6.93. The Hall–Kier alpha value is -4.02. The van der Waals surface area contributed by atoms with Crippen LogP contribution in [-0.2, 0) is 14.8 Å². The number of pyridine rings is 1. The highest BCUT2D eigenvalue weighted by molar-refractivity contribution is 7.93. The maximum absolute atomic E-state index is 12.6. The van der Waals surface area contributed by atoms with Gasteiger partial charge in [0.05, 0.1) is 22.2 Å². The van der Waals surface area contributed by atoms with Crippen molar-refractivity contribution in [1.82, 2.24) is 9.97 Å². The number of aliphatic carboxylic acids is 1. The van der Waals surface area contributed by atoms with E-state index in [0.29, 0.717) is 10.7 Å². The molecule has 0 atom stereocenters. The Morgan fingerprint density at radius 2 is 1.83 bits per heavy atom. The molecule has 0 amide bonds. The minimum absolute atomic E-state index is 0.156. The van der Waals surface area contributed by atoms with Crippen LogP contribution in [-0.4, -0.2) is 35.6 Å². The van der Waals surface area contributed by atoms with Gasteiger partial charge in [-0.3, -0.25) is 9.71 Å². The normalized spacial score (nSPS) is 11.3. The number of alkyl halides is 3. The summed E-state index contributed by atoms with van der Waals surface area (Å²) in [6, 6.07) is 14.3. The molecule has 180 valence electrons. The first-order valence-corrected chi connectivity index (χ1v) is 11.9. The first-order chi connectivity index (χ1) is 16.4. The highest BCUT2D eigenvalue weighted by Gasteiger charge is 2.38. The summed E-state index contributed by atoms with van der Waals surface area (Å²) >= 11 is 1.22. The maximum Gasteiger partial charge on any atom is 0.490 e. The third kappa shape index (κ3) is 6.11. The minimum Gasteiger partial charge on any atom is -0.475 e. The summed E-state index contributed by atoms with van der Waals surface area (Å²) in [5, 5.41) is 19.8. The molecule has 0 saturated heterocycles. The largest absolute Gasteiger partial charge is 0.490 e. The highest BCUT2D eigenvalue weighted by atomic mass is 32.2. The second kappa shape index (κ2) is 10.1. The van der Waals surface area contributed by atoms with Crippen molar-refractivity contribution in [1.29, 1.82) is 5.26 Å². The molecular formula is C22H15F3N4O4S2. The van der Waals surface area contributed by atoms with E-state index in [0.717, 1.165) is 27.6 Å². The van der Waals surface area contributed by atoms with Gasteiger partial charge in [-0.25, -0.2) is 18.2 Å². The first-order valence-electron chi connectivity index (χ1n) is 9.54. The van der Waals surface area contributed by atoms with Crippen LogP contribution in [0.4, 0.5) is 18.3 Å². The number of aryl methyl sites for hydroxylation is 1. The van der Waals surface area contributed by atoms with Crippen molar-refractivity contribution >= 4 is 43.2 Å². The Morgan fingerprint density at radius 1 is 1.11 bits per heavy atom. The summed E-state index contributed by atoms with van der Waals surface area (Å²) in [7, 11) is -3.73. The summed E-state index contributed by atoms with van der Waals surface area (Å²) < 4.78 is 59.5. The lowest BCUT2D eigenvalue weighted by molar-refractivity contribution is -0.192. The van der Waals surface area contributed by atoms with Crippen LogP contribution in [0.2, 0.25) is 0 Å². The Bertz CT molecular complexity index is 1530. The standard InChI is InChI=1S/C20H14N4O2S2.C2HF3O2/c1-13-10-14(12-21)2-4-17(13)19-18-5-3-16(11-15(18)6-7-22-19)28(25,26)24-20-23-8-9-27-20;3-2(4,5)1(6)7/h2-11H,1H3,(H,23,24);(H,6,7). The predicted octanol–water partition coefficient (Wildman–Crippen LogP) is 4.97.